The average molecular weight is 428 g/mol. The second-order valence-electron chi connectivity index (χ2n) is 5.77. The van der Waals surface area contributed by atoms with Crippen LogP contribution in [-0.4, -0.2) is 42.7 Å². The lowest BCUT2D eigenvalue weighted by Crippen LogP contribution is -2.41. The van der Waals surface area contributed by atoms with Crippen molar-refractivity contribution in [2.45, 2.75) is 20.3 Å². The Bertz CT molecular complexity index is 904. The van der Waals surface area contributed by atoms with Gasteiger partial charge in [-0.05, 0) is 31.5 Å². The third-order valence-electron chi connectivity index (χ3n) is 3.46. The number of hydrogen-bond acceptors (Lipinski definition) is 6. The molecule has 2 aromatic rings. The highest BCUT2D eigenvalue weighted by Crippen LogP contribution is 2.37. The van der Waals surface area contributed by atoms with Gasteiger partial charge in [0, 0.05) is 17.6 Å². The summed E-state index contributed by atoms with van der Waals surface area (Å²) in [5, 5.41) is 5.71. The number of nitrogens with one attached hydrogen (secondary N) is 2. The number of nitrogens with zero attached hydrogens (tertiary/aromatic N) is 1. The lowest BCUT2D eigenvalue weighted by molar-refractivity contribution is -0.150. The highest BCUT2D eigenvalue weighted by atomic mass is 35.5. The number of rotatable bonds is 7. The summed E-state index contributed by atoms with van der Waals surface area (Å²) in [5.74, 6) is -1.38. The Kier molecular flexibility index (Phi) is 7.83. The van der Waals surface area contributed by atoms with E-state index in [9.17, 15) is 14.4 Å². The zero-order chi connectivity index (χ0) is 20.7. The minimum atomic E-state index is -0.809. The normalized spacial score (nSPS) is 10.4. The number of amides is 3. The van der Waals surface area contributed by atoms with Gasteiger partial charge >= 0.3 is 12.0 Å². The van der Waals surface area contributed by atoms with E-state index in [-0.39, 0.29) is 10.8 Å². The second kappa shape index (κ2) is 10.1. The fourth-order valence-electron chi connectivity index (χ4n) is 2.19. The Morgan fingerprint density at radius 3 is 2.61 bits per heavy atom. The molecular weight excluding hydrogens is 409 g/mol. The van der Waals surface area contributed by atoms with Crippen LogP contribution >= 0.6 is 23.2 Å². The van der Waals surface area contributed by atoms with Crippen LogP contribution in [0, 0.1) is 6.92 Å². The molecule has 1 heterocycles. The summed E-state index contributed by atoms with van der Waals surface area (Å²) in [5.41, 5.74) is 1.13. The van der Waals surface area contributed by atoms with E-state index < -0.39 is 31.1 Å². The van der Waals surface area contributed by atoms with Crippen LogP contribution in [0.4, 0.5) is 4.79 Å². The van der Waals surface area contributed by atoms with Gasteiger partial charge in [-0.3, -0.25) is 10.1 Å². The Morgan fingerprint density at radius 1 is 1.14 bits per heavy atom. The monoisotopic (exact) mass is 427 g/mol. The van der Waals surface area contributed by atoms with Crippen LogP contribution in [0.25, 0.3) is 10.9 Å². The SMILES string of the molecule is CCCNC(=O)NC(=O)COC(=O)COc1c(Cl)cc(Cl)c2ccc(C)nc12. The predicted octanol–water partition coefficient (Wildman–Crippen LogP) is 3.01. The molecule has 10 heteroatoms. The molecule has 0 saturated heterocycles. The topological polar surface area (TPSA) is 107 Å². The van der Waals surface area contributed by atoms with E-state index in [1.165, 1.54) is 6.07 Å². The summed E-state index contributed by atoms with van der Waals surface area (Å²) >= 11 is 12.3. The molecule has 1 aromatic heterocycles. The van der Waals surface area contributed by atoms with Crippen LogP contribution in [0.15, 0.2) is 18.2 Å². The number of hydrogen-bond donors (Lipinski definition) is 2. The van der Waals surface area contributed by atoms with Gasteiger partial charge in [-0.2, -0.15) is 0 Å². The first kappa shape index (κ1) is 21.7. The Labute approximate surface area is 171 Å². The van der Waals surface area contributed by atoms with Crippen LogP contribution in [0.1, 0.15) is 19.0 Å². The molecule has 3 amide bonds. The van der Waals surface area contributed by atoms with Crippen molar-refractivity contribution < 1.29 is 23.9 Å². The van der Waals surface area contributed by atoms with Gasteiger partial charge in [0.1, 0.15) is 5.52 Å². The number of pyridine rings is 1. The summed E-state index contributed by atoms with van der Waals surface area (Å²) in [6, 6.07) is 4.40. The number of imide groups is 1. The van der Waals surface area contributed by atoms with Crippen molar-refractivity contribution in [1.29, 1.82) is 0 Å². The maximum atomic E-state index is 11.8. The van der Waals surface area contributed by atoms with E-state index in [0.29, 0.717) is 22.5 Å². The minimum Gasteiger partial charge on any atom is -0.478 e. The molecule has 0 radical (unpaired) electrons. The van der Waals surface area contributed by atoms with E-state index in [0.717, 1.165) is 12.1 Å². The quantitative estimate of drug-likeness (QED) is 0.657. The molecular formula is C18H19Cl2N3O5. The average Bonchev–Trinajstić information content (AvgIpc) is 2.64. The molecule has 28 heavy (non-hydrogen) atoms. The molecule has 2 rings (SSSR count). The molecule has 0 atom stereocenters. The highest BCUT2D eigenvalue weighted by Gasteiger charge is 2.16. The number of urea groups is 1. The highest BCUT2D eigenvalue weighted by molar-refractivity contribution is 6.39. The summed E-state index contributed by atoms with van der Waals surface area (Å²) in [6.07, 6.45) is 0.726. The van der Waals surface area contributed by atoms with E-state index in [1.54, 1.807) is 19.1 Å². The van der Waals surface area contributed by atoms with Gasteiger partial charge in [-0.25, -0.2) is 14.6 Å². The van der Waals surface area contributed by atoms with Gasteiger partial charge in [-0.15, -0.1) is 0 Å². The van der Waals surface area contributed by atoms with Gasteiger partial charge in [0.05, 0.1) is 10.0 Å². The number of carbonyl (C=O) groups excluding carboxylic acids is 3. The van der Waals surface area contributed by atoms with Crippen molar-refractivity contribution >= 4 is 52.0 Å². The van der Waals surface area contributed by atoms with Crippen molar-refractivity contribution in [2.75, 3.05) is 19.8 Å². The molecule has 2 N–H and O–H groups in total. The molecule has 0 bridgehead atoms. The lowest BCUT2D eigenvalue weighted by Gasteiger charge is -2.12. The smallest absolute Gasteiger partial charge is 0.344 e. The molecule has 0 aliphatic heterocycles. The van der Waals surface area contributed by atoms with E-state index in [4.69, 9.17) is 32.7 Å². The van der Waals surface area contributed by atoms with Crippen molar-refractivity contribution in [3.63, 3.8) is 0 Å². The fraction of sp³-hybridized carbons (Fsp3) is 0.333. The first-order valence-electron chi connectivity index (χ1n) is 8.43. The van der Waals surface area contributed by atoms with Crippen molar-refractivity contribution in [1.82, 2.24) is 15.6 Å². The number of aryl methyl sites for hydroxylation is 1. The molecule has 0 unspecified atom stereocenters. The van der Waals surface area contributed by atoms with Crippen molar-refractivity contribution in [3.8, 4) is 5.75 Å². The standard InChI is InChI=1S/C18H19Cl2N3O5/c1-3-6-21-18(26)23-14(24)8-27-15(25)9-28-17-13(20)7-12(19)11-5-4-10(2)22-16(11)17/h4-5,7H,3,6,8-9H2,1-2H3,(H2,21,23,24,26). The van der Waals surface area contributed by atoms with Gasteiger partial charge in [-0.1, -0.05) is 30.1 Å². The molecule has 0 fully saturated rings. The van der Waals surface area contributed by atoms with Gasteiger partial charge in [0.25, 0.3) is 5.91 Å². The number of aromatic nitrogens is 1. The number of fused-ring (bicyclic) bond motifs is 1. The largest absolute Gasteiger partial charge is 0.478 e. The molecule has 8 nitrogen and oxygen atoms in total. The number of carbonyl (C=O) groups is 3. The lowest BCUT2D eigenvalue weighted by atomic mass is 10.2. The first-order valence-corrected chi connectivity index (χ1v) is 9.18. The molecule has 0 aliphatic rings. The van der Waals surface area contributed by atoms with Crippen LogP contribution in [0.5, 0.6) is 5.75 Å². The molecule has 0 aliphatic carbocycles. The first-order chi connectivity index (χ1) is 13.3. The van der Waals surface area contributed by atoms with Crippen LogP contribution < -0.4 is 15.4 Å². The Morgan fingerprint density at radius 2 is 1.89 bits per heavy atom. The van der Waals surface area contributed by atoms with E-state index in [1.807, 2.05) is 12.2 Å². The van der Waals surface area contributed by atoms with Crippen molar-refractivity contribution in [3.05, 3.63) is 33.9 Å². The number of ether oxygens (including phenoxy) is 2. The zero-order valence-corrected chi connectivity index (χ0v) is 16.8. The maximum absolute atomic E-state index is 11.8. The second-order valence-corrected chi connectivity index (χ2v) is 6.59. The molecule has 1 aromatic carbocycles. The molecule has 0 saturated carbocycles. The summed E-state index contributed by atoms with van der Waals surface area (Å²) in [6.45, 7) is 2.98. The van der Waals surface area contributed by atoms with Crippen molar-refractivity contribution in [2.24, 2.45) is 0 Å². The number of esters is 1. The van der Waals surface area contributed by atoms with Crippen LogP contribution in [0.3, 0.4) is 0 Å². The Hall–Kier alpha value is -2.58. The zero-order valence-electron chi connectivity index (χ0n) is 15.3. The summed E-state index contributed by atoms with van der Waals surface area (Å²) in [4.78, 5) is 39.1. The van der Waals surface area contributed by atoms with Gasteiger partial charge in [0.15, 0.2) is 19.0 Å². The third kappa shape index (κ3) is 5.97. The molecule has 0 spiro atoms. The predicted molar refractivity (Wildman–Crippen MR) is 105 cm³/mol. The van der Waals surface area contributed by atoms with E-state index >= 15 is 0 Å². The maximum Gasteiger partial charge on any atom is 0.344 e. The Balaban J connectivity index is 1.94. The fourth-order valence-corrected chi connectivity index (χ4v) is 2.76. The number of benzene rings is 1. The molecule has 150 valence electrons. The summed E-state index contributed by atoms with van der Waals surface area (Å²) < 4.78 is 10.2. The van der Waals surface area contributed by atoms with Crippen LogP contribution in [-0.2, 0) is 14.3 Å². The van der Waals surface area contributed by atoms with E-state index in [2.05, 4.69) is 10.3 Å². The van der Waals surface area contributed by atoms with Gasteiger partial charge in [0.2, 0.25) is 0 Å². The van der Waals surface area contributed by atoms with Gasteiger partial charge < -0.3 is 14.8 Å². The number of halogens is 2. The summed E-state index contributed by atoms with van der Waals surface area (Å²) in [7, 11) is 0. The van der Waals surface area contributed by atoms with Crippen LogP contribution in [0.2, 0.25) is 10.0 Å². The third-order valence-corrected chi connectivity index (χ3v) is 4.06. The minimum absolute atomic E-state index is 0.185.